The fraction of sp³-hybridized carbons (Fsp3) is 0.133. The van der Waals surface area contributed by atoms with Crippen LogP contribution in [0.4, 0.5) is 11.4 Å². The highest BCUT2D eigenvalue weighted by Crippen LogP contribution is 2.47. The Hall–Kier alpha value is -1.98. The van der Waals surface area contributed by atoms with Crippen LogP contribution >= 0.6 is 11.8 Å². The molecule has 0 unspecified atom stereocenters. The molecule has 0 fully saturated rings. The first-order valence-electron chi connectivity index (χ1n) is 6.13. The third-order valence-corrected chi connectivity index (χ3v) is 4.45. The largest absolute Gasteiger partial charge is 0.479 e. The molecule has 0 spiro atoms. The minimum absolute atomic E-state index is 0.400. The van der Waals surface area contributed by atoms with E-state index in [9.17, 15) is 9.90 Å². The van der Waals surface area contributed by atoms with Gasteiger partial charge in [-0.3, -0.25) is 0 Å². The SMILES string of the molecule is CN1c2ccccc2Sc2cc([C@@H](O)C(=O)O)ccc21. The van der Waals surface area contributed by atoms with E-state index in [0.29, 0.717) is 5.56 Å². The number of carbonyl (C=O) groups is 1. The first-order chi connectivity index (χ1) is 9.58. The van der Waals surface area contributed by atoms with Crippen LogP contribution in [-0.4, -0.2) is 23.2 Å². The average molecular weight is 287 g/mol. The Kier molecular flexibility index (Phi) is 3.16. The predicted molar refractivity (Wildman–Crippen MR) is 77.7 cm³/mol. The summed E-state index contributed by atoms with van der Waals surface area (Å²) >= 11 is 1.58. The maximum atomic E-state index is 10.9. The topological polar surface area (TPSA) is 60.8 Å². The molecule has 0 radical (unpaired) electrons. The van der Waals surface area contributed by atoms with Crippen molar-refractivity contribution in [3.8, 4) is 0 Å². The van der Waals surface area contributed by atoms with Crippen LogP contribution in [-0.2, 0) is 4.79 Å². The van der Waals surface area contributed by atoms with Crippen LogP contribution in [0.3, 0.4) is 0 Å². The second-order valence-corrected chi connectivity index (χ2v) is 5.68. The summed E-state index contributed by atoms with van der Waals surface area (Å²) in [7, 11) is 1.98. The Morgan fingerprint density at radius 3 is 2.60 bits per heavy atom. The molecule has 0 amide bonds. The van der Waals surface area contributed by atoms with Crippen LogP contribution in [0.1, 0.15) is 11.7 Å². The van der Waals surface area contributed by atoms with Gasteiger partial charge in [-0.25, -0.2) is 4.79 Å². The first-order valence-corrected chi connectivity index (χ1v) is 6.95. The minimum Gasteiger partial charge on any atom is -0.479 e. The summed E-state index contributed by atoms with van der Waals surface area (Å²) < 4.78 is 0. The zero-order valence-corrected chi connectivity index (χ0v) is 11.6. The van der Waals surface area contributed by atoms with Gasteiger partial charge in [-0.15, -0.1) is 0 Å². The van der Waals surface area contributed by atoms with Gasteiger partial charge < -0.3 is 15.1 Å². The zero-order valence-electron chi connectivity index (χ0n) is 10.8. The van der Waals surface area contributed by atoms with Crippen molar-refractivity contribution in [2.75, 3.05) is 11.9 Å². The number of aliphatic hydroxyl groups is 1. The van der Waals surface area contributed by atoms with Gasteiger partial charge >= 0.3 is 5.97 Å². The lowest BCUT2D eigenvalue weighted by Gasteiger charge is -2.29. The summed E-state index contributed by atoms with van der Waals surface area (Å²) in [5.41, 5.74) is 2.53. The van der Waals surface area contributed by atoms with Crippen LogP contribution in [0.15, 0.2) is 52.3 Å². The smallest absolute Gasteiger partial charge is 0.337 e. The minimum atomic E-state index is -1.48. The number of anilines is 2. The number of carboxylic acids is 1. The van der Waals surface area contributed by atoms with Crippen molar-refractivity contribution in [2.24, 2.45) is 0 Å². The highest BCUT2D eigenvalue weighted by atomic mass is 32.2. The van der Waals surface area contributed by atoms with Crippen LogP contribution in [0.25, 0.3) is 0 Å². The second-order valence-electron chi connectivity index (χ2n) is 4.60. The summed E-state index contributed by atoms with van der Waals surface area (Å²) in [5.74, 6) is -1.24. The number of hydrogen-bond donors (Lipinski definition) is 2. The van der Waals surface area contributed by atoms with Crippen molar-refractivity contribution < 1.29 is 15.0 Å². The molecule has 5 heteroatoms. The van der Waals surface area contributed by atoms with Crippen molar-refractivity contribution in [3.63, 3.8) is 0 Å². The molecule has 4 nitrogen and oxygen atoms in total. The molecular weight excluding hydrogens is 274 g/mol. The van der Waals surface area contributed by atoms with Gasteiger partial charge in [-0.1, -0.05) is 30.0 Å². The summed E-state index contributed by atoms with van der Waals surface area (Å²) in [5, 5.41) is 18.5. The summed E-state index contributed by atoms with van der Waals surface area (Å²) in [6, 6.07) is 13.3. The predicted octanol–water partition coefficient (Wildman–Crippen LogP) is 3.04. The fourth-order valence-corrected chi connectivity index (χ4v) is 3.47. The highest BCUT2D eigenvalue weighted by molar-refractivity contribution is 7.99. The first kappa shape index (κ1) is 13.0. The quantitative estimate of drug-likeness (QED) is 0.889. The summed E-state index contributed by atoms with van der Waals surface area (Å²) in [4.78, 5) is 15.0. The van der Waals surface area contributed by atoms with E-state index in [1.165, 1.54) is 0 Å². The van der Waals surface area contributed by atoms with E-state index in [-0.39, 0.29) is 0 Å². The molecule has 1 aliphatic heterocycles. The van der Waals surface area contributed by atoms with E-state index in [4.69, 9.17) is 5.11 Å². The molecule has 1 aliphatic rings. The lowest BCUT2D eigenvalue weighted by atomic mass is 10.1. The fourth-order valence-electron chi connectivity index (χ4n) is 2.27. The normalized spacial score (nSPS) is 14.4. The maximum absolute atomic E-state index is 10.9. The molecule has 2 aromatic rings. The van der Waals surface area contributed by atoms with Gasteiger partial charge in [0.1, 0.15) is 0 Å². The van der Waals surface area contributed by atoms with Crippen molar-refractivity contribution in [3.05, 3.63) is 48.0 Å². The third-order valence-electron chi connectivity index (χ3n) is 3.34. The molecule has 0 saturated heterocycles. The van der Waals surface area contributed by atoms with Crippen molar-refractivity contribution >= 4 is 29.1 Å². The van der Waals surface area contributed by atoms with Crippen LogP contribution in [0, 0.1) is 0 Å². The molecule has 0 bridgehead atoms. The molecule has 1 atom stereocenters. The summed E-state index contributed by atoms with van der Waals surface area (Å²) in [6.45, 7) is 0. The number of fused-ring (bicyclic) bond motifs is 2. The molecular formula is C15H13NO3S. The Bertz CT molecular complexity index is 687. The lowest BCUT2D eigenvalue weighted by Crippen LogP contribution is -2.16. The maximum Gasteiger partial charge on any atom is 0.337 e. The molecule has 0 aromatic heterocycles. The van der Waals surface area contributed by atoms with Crippen molar-refractivity contribution in [1.82, 2.24) is 0 Å². The number of carboxylic acid groups (broad SMARTS) is 1. The van der Waals surface area contributed by atoms with E-state index >= 15 is 0 Å². The Morgan fingerprint density at radius 2 is 1.85 bits per heavy atom. The molecule has 102 valence electrons. The van der Waals surface area contributed by atoms with Gasteiger partial charge in [-0.05, 0) is 29.8 Å². The van der Waals surface area contributed by atoms with E-state index in [1.807, 2.05) is 37.4 Å². The third kappa shape index (κ3) is 2.05. The van der Waals surface area contributed by atoms with Crippen molar-refractivity contribution in [2.45, 2.75) is 15.9 Å². The van der Waals surface area contributed by atoms with Gasteiger partial charge in [-0.2, -0.15) is 0 Å². The van der Waals surface area contributed by atoms with Gasteiger partial charge in [0.2, 0.25) is 0 Å². The van der Waals surface area contributed by atoms with Crippen LogP contribution < -0.4 is 4.90 Å². The van der Waals surface area contributed by atoms with Gasteiger partial charge in [0.15, 0.2) is 6.10 Å². The molecule has 0 saturated carbocycles. The Labute approximate surface area is 120 Å². The molecule has 2 N–H and O–H groups in total. The summed E-state index contributed by atoms with van der Waals surface area (Å²) in [6.07, 6.45) is -1.48. The average Bonchev–Trinajstić information content (AvgIpc) is 2.46. The number of aliphatic carboxylic acids is 1. The Balaban J connectivity index is 2.05. The molecule has 1 heterocycles. The monoisotopic (exact) mass is 287 g/mol. The standard InChI is InChI=1S/C15H13NO3S/c1-16-10-4-2-3-5-12(10)20-13-8-9(6-7-11(13)16)14(17)15(18)19/h2-8,14,17H,1H3,(H,18,19)/t14-/m1/s1. The lowest BCUT2D eigenvalue weighted by molar-refractivity contribution is -0.146. The highest BCUT2D eigenvalue weighted by Gasteiger charge is 2.23. The van der Waals surface area contributed by atoms with E-state index in [1.54, 1.807) is 23.9 Å². The van der Waals surface area contributed by atoms with Crippen molar-refractivity contribution in [1.29, 1.82) is 0 Å². The number of aliphatic hydroxyl groups excluding tert-OH is 1. The number of hydrogen-bond acceptors (Lipinski definition) is 4. The van der Waals surface area contributed by atoms with E-state index in [2.05, 4.69) is 4.90 Å². The van der Waals surface area contributed by atoms with Crippen LogP contribution in [0.5, 0.6) is 0 Å². The van der Waals surface area contributed by atoms with Gasteiger partial charge in [0, 0.05) is 16.8 Å². The van der Waals surface area contributed by atoms with Gasteiger partial charge in [0.25, 0.3) is 0 Å². The number of nitrogens with zero attached hydrogens (tertiary/aromatic N) is 1. The number of rotatable bonds is 2. The Morgan fingerprint density at radius 1 is 1.15 bits per heavy atom. The van der Waals surface area contributed by atoms with Crippen LogP contribution in [0.2, 0.25) is 0 Å². The number of benzene rings is 2. The van der Waals surface area contributed by atoms with E-state index in [0.717, 1.165) is 21.2 Å². The second kappa shape index (κ2) is 4.85. The van der Waals surface area contributed by atoms with E-state index < -0.39 is 12.1 Å². The zero-order chi connectivity index (χ0) is 14.3. The molecule has 0 aliphatic carbocycles. The molecule has 20 heavy (non-hydrogen) atoms. The number of para-hydroxylation sites is 1. The van der Waals surface area contributed by atoms with Gasteiger partial charge in [0.05, 0.1) is 11.4 Å². The molecule has 3 rings (SSSR count). The molecule has 2 aromatic carbocycles.